The normalized spacial score (nSPS) is 21.1. The Labute approximate surface area is 204 Å². The molecule has 12 heteroatoms. The fourth-order valence-electron chi connectivity index (χ4n) is 5.04. The zero-order valence-electron chi connectivity index (χ0n) is 19.6. The van der Waals surface area contributed by atoms with Gasteiger partial charge in [0, 0.05) is 36.8 Å². The Morgan fingerprint density at radius 2 is 1.97 bits per heavy atom. The Balaban J connectivity index is 1.66. The number of hydrogen-bond acceptors (Lipinski definition) is 6. The second-order valence-electron chi connectivity index (χ2n) is 9.02. The van der Waals surface area contributed by atoms with Crippen molar-refractivity contribution in [2.24, 2.45) is 0 Å². The molecule has 0 saturated heterocycles. The highest BCUT2D eigenvalue weighted by Gasteiger charge is 2.47. The van der Waals surface area contributed by atoms with Gasteiger partial charge in [0.25, 0.3) is 0 Å². The van der Waals surface area contributed by atoms with Crippen molar-refractivity contribution in [1.29, 1.82) is 10.8 Å². The first-order chi connectivity index (χ1) is 17.1. The second kappa shape index (κ2) is 8.68. The third-order valence-electron chi connectivity index (χ3n) is 6.64. The van der Waals surface area contributed by atoms with Crippen molar-refractivity contribution in [3.05, 3.63) is 48.4 Å². The Kier molecular flexibility index (Phi) is 5.76. The summed E-state index contributed by atoms with van der Waals surface area (Å²) in [5, 5.41) is 17.0. The number of imidazole rings is 1. The topological polar surface area (TPSA) is 97.8 Å². The van der Waals surface area contributed by atoms with E-state index in [1.165, 1.54) is 34.9 Å². The summed E-state index contributed by atoms with van der Waals surface area (Å²) >= 11 is 0. The Morgan fingerprint density at radius 3 is 2.61 bits per heavy atom. The number of halogens is 4. The van der Waals surface area contributed by atoms with Crippen LogP contribution in [0.25, 0.3) is 17.3 Å². The predicted octanol–water partition coefficient (Wildman–Crippen LogP) is 5.17. The van der Waals surface area contributed by atoms with Crippen LogP contribution in [0.5, 0.6) is 0 Å². The van der Waals surface area contributed by atoms with E-state index < -0.39 is 29.6 Å². The number of rotatable bonds is 4. The Bertz CT molecular complexity index is 1350. The summed E-state index contributed by atoms with van der Waals surface area (Å²) in [5.74, 6) is -3.88. The summed E-state index contributed by atoms with van der Waals surface area (Å²) in [4.78, 5) is 16.5. The molecule has 3 aromatic rings. The molecule has 2 atom stereocenters. The van der Waals surface area contributed by atoms with Crippen molar-refractivity contribution in [1.82, 2.24) is 19.5 Å². The first-order valence-electron chi connectivity index (χ1n) is 11.6. The van der Waals surface area contributed by atoms with E-state index >= 15 is 0 Å². The average molecular weight is 501 g/mol. The smallest absolute Gasteiger partial charge is 0.250 e. The van der Waals surface area contributed by atoms with Gasteiger partial charge in [0.1, 0.15) is 23.2 Å². The van der Waals surface area contributed by atoms with Gasteiger partial charge in [-0.15, -0.1) is 0 Å². The highest BCUT2D eigenvalue weighted by atomic mass is 19.3. The molecule has 1 unspecified atom stereocenters. The Hall–Kier alpha value is -3.83. The molecular formula is C24H24F4N8. The summed E-state index contributed by atoms with van der Waals surface area (Å²) in [7, 11) is 0. The molecule has 0 bridgehead atoms. The number of anilines is 2. The van der Waals surface area contributed by atoms with Gasteiger partial charge in [-0.1, -0.05) is 6.92 Å². The fraction of sp³-hybridized carbons (Fsp3) is 0.375. The molecule has 1 aromatic carbocycles. The standard InChI is InChI=1S/C24H24F4N8/c1-3-18-20(30)35(13(2)29)19-12-32-23(33-22(19)36(18)15-6-7-24(27,28)11-15)34-9-8-31-21(34)14-4-5-16(25)17(26)10-14/h4-5,8-10,12,15,18,29-30H,3,6-7,11H2,1-2H3/t15?,18-/m1/s1. The lowest BCUT2D eigenvalue weighted by Gasteiger charge is -2.45. The number of benzene rings is 1. The van der Waals surface area contributed by atoms with Gasteiger partial charge >= 0.3 is 0 Å². The minimum Gasteiger partial charge on any atom is -0.341 e. The molecule has 0 spiro atoms. The van der Waals surface area contributed by atoms with Gasteiger partial charge in [-0.2, -0.15) is 4.98 Å². The maximum Gasteiger partial charge on any atom is 0.250 e. The van der Waals surface area contributed by atoms with Crippen LogP contribution in [0.15, 0.2) is 36.8 Å². The molecule has 0 radical (unpaired) electrons. The van der Waals surface area contributed by atoms with Gasteiger partial charge < -0.3 is 4.90 Å². The molecule has 1 saturated carbocycles. The van der Waals surface area contributed by atoms with Gasteiger partial charge in [-0.25, -0.2) is 27.5 Å². The van der Waals surface area contributed by atoms with Crippen molar-refractivity contribution in [2.45, 2.75) is 57.5 Å². The minimum atomic E-state index is -2.81. The lowest BCUT2D eigenvalue weighted by molar-refractivity contribution is 0.00763. The van der Waals surface area contributed by atoms with Crippen molar-refractivity contribution < 1.29 is 17.6 Å². The van der Waals surface area contributed by atoms with Gasteiger partial charge in [0.15, 0.2) is 17.5 Å². The molecule has 5 rings (SSSR count). The summed E-state index contributed by atoms with van der Waals surface area (Å²) in [6, 6.07) is 2.30. The molecule has 1 aliphatic carbocycles. The second-order valence-corrected chi connectivity index (χ2v) is 9.02. The molecule has 2 aromatic heterocycles. The monoisotopic (exact) mass is 500 g/mol. The molecule has 2 N–H and O–H groups in total. The van der Waals surface area contributed by atoms with Gasteiger partial charge in [-0.3, -0.25) is 20.3 Å². The summed E-state index contributed by atoms with van der Waals surface area (Å²) in [6.45, 7) is 3.40. The third-order valence-corrected chi connectivity index (χ3v) is 6.64. The molecule has 36 heavy (non-hydrogen) atoms. The number of amidine groups is 2. The number of hydrogen-bond donors (Lipinski definition) is 2. The summed E-state index contributed by atoms with van der Waals surface area (Å²) < 4.78 is 57.3. The highest BCUT2D eigenvalue weighted by Crippen LogP contribution is 2.44. The Morgan fingerprint density at radius 1 is 1.19 bits per heavy atom. The van der Waals surface area contributed by atoms with E-state index in [0.717, 1.165) is 12.1 Å². The molecule has 2 aliphatic rings. The number of nitrogens with zero attached hydrogens (tertiary/aromatic N) is 6. The molecule has 188 valence electrons. The maximum atomic E-state index is 14.2. The van der Waals surface area contributed by atoms with E-state index in [2.05, 4.69) is 9.97 Å². The third kappa shape index (κ3) is 3.90. The SMILES string of the molecule is CC[C@@H]1C(=N)N(C(C)=N)c2cnc(-n3ccnc3-c3ccc(F)c(F)c3)nc2N1C1CCC(F)(F)C1. The maximum absolute atomic E-state index is 14.2. The number of alkyl halides is 2. The van der Waals surface area contributed by atoms with Crippen LogP contribution in [0, 0.1) is 22.5 Å². The van der Waals surface area contributed by atoms with Gasteiger partial charge in [0.2, 0.25) is 11.9 Å². The largest absolute Gasteiger partial charge is 0.341 e. The van der Waals surface area contributed by atoms with Gasteiger partial charge in [0.05, 0.1) is 12.2 Å². The van der Waals surface area contributed by atoms with Crippen LogP contribution >= 0.6 is 0 Å². The van der Waals surface area contributed by atoms with E-state index in [0.29, 0.717) is 23.5 Å². The van der Waals surface area contributed by atoms with E-state index in [9.17, 15) is 17.6 Å². The van der Waals surface area contributed by atoms with E-state index in [-0.39, 0.29) is 42.7 Å². The van der Waals surface area contributed by atoms with E-state index in [1.807, 2.05) is 6.92 Å². The van der Waals surface area contributed by atoms with Gasteiger partial charge in [-0.05, 0) is 38.0 Å². The minimum absolute atomic E-state index is 0.0811. The summed E-state index contributed by atoms with van der Waals surface area (Å²) in [6.07, 6.45) is 4.57. The van der Waals surface area contributed by atoms with E-state index in [1.54, 1.807) is 11.1 Å². The van der Waals surface area contributed by atoms with Crippen LogP contribution in [-0.2, 0) is 0 Å². The van der Waals surface area contributed by atoms with Crippen LogP contribution in [0.4, 0.5) is 29.1 Å². The molecule has 1 fully saturated rings. The molecule has 3 heterocycles. The average Bonchev–Trinajstić information content (AvgIpc) is 3.46. The van der Waals surface area contributed by atoms with Crippen molar-refractivity contribution in [2.75, 3.05) is 9.80 Å². The number of aromatic nitrogens is 4. The molecular weight excluding hydrogens is 476 g/mol. The predicted molar refractivity (Wildman–Crippen MR) is 127 cm³/mol. The highest BCUT2D eigenvalue weighted by molar-refractivity contribution is 6.21. The van der Waals surface area contributed by atoms with Crippen molar-refractivity contribution in [3.8, 4) is 17.3 Å². The molecule has 1 aliphatic heterocycles. The number of nitrogens with one attached hydrogen (secondary N) is 2. The van der Waals surface area contributed by atoms with Crippen LogP contribution in [-0.4, -0.2) is 49.2 Å². The molecule has 8 nitrogen and oxygen atoms in total. The van der Waals surface area contributed by atoms with Crippen LogP contribution in [0.3, 0.4) is 0 Å². The lowest BCUT2D eigenvalue weighted by atomic mass is 10.0. The lowest BCUT2D eigenvalue weighted by Crippen LogP contribution is -2.57. The quantitative estimate of drug-likeness (QED) is 0.293. The molecule has 0 amide bonds. The first-order valence-corrected chi connectivity index (χ1v) is 11.6. The zero-order valence-corrected chi connectivity index (χ0v) is 19.6. The fourth-order valence-corrected chi connectivity index (χ4v) is 5.04. The van der Waals surface area contributed by atoms with Crippen LogP contribution in [0.1, 0.15) is 39.5 Å². The zero-order chi connectivity index (χ0) is 25.8. The van der Waals surface area contributed by atoms with Crippen molar-refractivity contribution in [3.63, 3.8) is 0 Å². The van der Waals surface area contributed by atoms with Crippen molar-refractivity contribution >= 4 is 23.2 Å². The van der Waals surface area contributed by atoms with Crippen LogP contribution in [0.2, 0.25) is 0 Å². The summed E-state index contributed by atoms with van der Waals surface area (Å²) in [5.41, 5.74) is 0.656. The van der Waals surface area contributed by atoms with Crippen LogP contribution < -0.4 is 9.80 Å². The van der Waals surface area contributed by atoms with E-state index in [4.69, 9.17) is 15.8 Å². The first kappa shape index (κ1) is 23.9. The number of fused-ring (bicyclic) bond motifs is 1.